The van der Waals surface area contributed by atoms with E-state index < -0.39 is 11.6 Å². The summed E-state index contributed by atoms with van der Waals surface area (Å²) in [4.78, 5) is 27.3. The quantitative estimate of drug-likeness (QED) is 0.844. The predicted octanol–water partition coefficient (Wildman–Crippen LogP) is 1.95. The van der Waals surface area contributed by atoms with Crippen molar-refractivity contribution in [3.63, 3.8) is 0 Å². The molecule has 0 spiro atoms. The fourth-order valence-electron chi connectivity index (χ4n) is 2.88. The lowest BCUT2D eigenvalue weighted by Crippen LogP contribution is -2.73. The van der Waals surface area contributed by atoms with E-state index in [-0.39, 0.29) is 23.3 Å². The zero-order valence-corrected chi connectivity index (χ0v) is 14.4. The number of nitrogens with one attached hydrogen (secondary N) is 1. The molecule has 1 rings (SSSR count). The minimum Gasteiger partial charge on any atom is -0.385 e. The summed E-state index contributed by atoms with van der Waals surface area (Å²) in [7, 11) is 1.65. The van der Waals surface area contributed by atoms with Crippen LogP contribution in [0.1, 0.15) is 54.4 Å². The minimum atomic E-state index is -0.786. The van der Waals surface area contributed by atoms with Gasteiger partial charge in [0.25, 0.3) is 0 Å². The first-order valence-corrected chi connectivity index (χ1v) is 7.72. The molecule has 0 bridgehead atoms. The number of nitrogens with zero attached hydrogens (tertiary/aromatic N) is 1. The third kappa shape index (κ3) is 3.39. The van der Waals surface area contributed by atoms with Crippen molar-refractivity contribution in [3.8, 4) is 0 Å². The van der Waals surface area contributed by atoms with Crippen LogP contribution in [0.2, 0.25) is 0 Å². The normalized spacial score (nSPS) is 28.5. The topological polar surface area (TPSA) is 58.6 Å². The molecular weight excluding hydrogens is 268 g/mol. The summed E-state index contributed by atoms with van der Waals surface area (Å²) in [5.41, 5.74) is -1.09. The lowest BCUT2D eigenvalue weighted by molar-refractivity contribution is -0.163. The standard InChI is InChI=1S/C16H30N2O3/c1-8-16(6)14(20)17-12(15(3,4)5)13(19)18(16)11(2)9-10-21-7/h11-12H,8-10H2,1-7H3,(H,17,20). The highest BCUT2D eigenvalue weighted by Crippen LogP contribution is 2.33. The van der Waals surface area contributed by atoms with Gasteiger partial charge in [-0.05, 0) is 32.1 Å². The Labute approximate surface area is 128 Å². The first-order chi connectivity index (χ1) is 9.59. The number of rotatable bonds is 5. The van der Waals surface area contributed by atoms with Gasteiger partial charge in [0.05, 0.1) is 0 Å². The second kappa shape index (κ2) is 6.34. The molecule has 1 aliphatic rings. The first-order valence-electron chi connectivity index (χ1n) is 7.72. The highest BCUT2D eigenvalue weighted by molar-refractivity contribution is 6.00. The molecule has 0 radical (unpaired) electrons. The van der Waals surface area contributed by atoms with Crippen molar-refractivity contribution >= 4 is 11.8 Å². The molecule has 1 aliphatic heterocycles. The number of hydrogen-bond acceptors (Lipinski definition) is 3. The van der Waals surface area contributed by atoms with Crippen LogP contribution in [-0.2, 0) is 14.3 Å². The number of ether oxygens (including phenoxy) is 1. The van der Waals surface area contributed by atoms with Gasteiger partial charge in [0, 0.05) is 19.8 Å². The molecule has 122 valence electrons. The van der Waals surface area contributed by atoms with Crippen molar-refractivity contribution in [3.05, 3.63) is 0 Å². The molecule has 3 unspecified atom stereocenters. The molecule has 0 aliphatic carbocycles. The second-order valence-corrected chi connectivity index (χ2v) is 7.24. The van der Waals surface area contributed by atoms with Crippen molar-refractivity contribution in [2.45, 2.75) is 72.0 Å². The van der Waals surface area contributed by atoms with Crippen LogP contribution in [0.3, 0.4) is 0 Å². The molecule has 0 aromatic carbocycles. The smallest absolute Gasteiger partial charge is 0.246 e. The molecule has 0 aromatic rings. The lowest BCUT2D eigenvalue weighted by Gasteiger charge is -2.51. The molecule has 5 nitrogen and oxygen atoms in total. The van der Waals surface area contributed by atoms with E-state index in [1.807, 2.05) is 41.5 Å². The summed E-state index contributed by atoms with van der Waals surface area (Å²) in [6.45, 7) is 12.3. The van der Waals surface area contributed by atoms with E-state index in [2.05, 4.69) is 5.32 Å². The molecule has 3 atom stereocenters. The molecular formula is C16H30N2O3. The van der Waals surface area contributed by atoms with Crippen molar-refractivity contribution in [2.75, 3.05) is 13.7 Å². The van der Waals surface area contributed by atoms with Crippen molar-refractivity contribution < 1.29 is 14.3 Å². The molecule has 0 aromatic heterocycles. The second-order valence-electron chi connectivity index (χ2n) is 7.24. The summed E-state index contributed by atoms with van der Waals surface area (Å²) in [5, 5.41) is 2.93. The highest BCUT2D eigenvalue weighted by atomic mass is 16.5. The van der Waals surface area contributed by atoms with Gasteiger partial charge in [-0.1, -0.05) is 27.7 Å². The Kier molecular flexibility index (Phi) is 5.42. The van der Waals surface area contributed by atoms with Gasteiger partial charge >= 0.3 is 0 Å². The van der Waals surface area contributed by atoms with Crippen LogP contribution in [0, 0.1) is 5.41 Å². The van der Waals surface area contributed by atoms with E-state index in [0.29, 0.717) is 13.0 Å². The number of carbonyl (C=O) groups excluding carboxylic acids is 2. The molecule has 1 N–H and O–H groups in total. The fourth-order valence-corrected chi connectivity index (χ4v) is 2.88. The average Bonchev–Trinajstić information content (AvgIpc) is 2.39. The maximum Gasteiger partial charge on any atom is 0.246 e. The Morgan fingerprint density at radius 2 is 1.95 bits per heavy atom. The maximum absolute atomic E-state index is 13.0. The third-order valence-electron chi connectivity index (χ3n) is 4.52. The summed E-state index contributed by atoms with van der Waals surface area (Å²) in [5.74, 6) is -0.0520. The molecule has 2 amide bonds. The van der Waals surface area contributed by atoms with Crippen LogP contribution in [0.4, 0.5) is 0 Å². The Bertz CT molecular complexity index is 403. The maximum atomic E-state index is 13.0. The van der Waals surface area contributed by atoms with E-state index in [1.165, 1.54) is 0 Å². The van der Waals surface area contributed by atoms with Crippen LogP contribution in [0.5, 0.6) is 0 Å². The van der Waals surface area contributed by atoms with E-state index in [0.717, 1.165) is 6.42 Å². The zero-order chi connectivity index (χ0) is 16.4. The Hall–Kier alpha value is -1.10. The van der Waals surface area contributed by atoms with Crippen LogP contribution < -0.4 is 5.32 Å². The van der Waals surface area contributed by atoms with Crippen LogP contribution in [-0.4, -0.2) is 48.1 Å². The predicted molar refractivity (Wildman–Crippen MR) is 82.9 cm³/mol. The van der Waals surface area contributed by atoms with Crippen LogP contribution in [0.25, 0.3) is 0 Å². The fraction of sp³-hybridized carbons (Fsp3) is 0.875. The molecule has 5 heteroatoms. The monoisotopic (exact) mass is 298 g/mol. The van der Waals surface area contributed by atoms with Crippen molar-refractivity contribution in [1.82, 2.24) is 10.2 Å². The van der Waals surface area contributed by atoms with Crippen molar-refractivity contribution in [2.24, 2.45) is 5.41 Å². The van der Waals surface area contributed by atoms with Crippen LogP contribution >= 0.6 is 0 Å². The number of piperazine rings is 1. The van der Waals surface area contributed by atoms with E-state index in [9.17, 15) is 9.59 Å². The van der Waals surface area contributed by atoms with Gasteiger partial charge in [-0.25, -0.2) is 0 Å². The highest BCUT2D eigenvalue weighted by Gasteiger charge is 2.52. The van der Waals surface area contributed by atoms with Gasteiger partial charge in [0.2, 0.25) is 11.8 Å². The van der Waals surface area contributed by atoms with E-state index in [4.69, 9.17) is 4.74 Å². The minimum absolute atomic E-state index is 0.00931. The Balaban J connectivity index is 3.16. The number of amides is 2. The number of methoxy groups -OCH3 is 1. The molecule has 0 saturated carbocycles. The largest absolute Gasteiger partial charge is 0.385 e. The lowest BCUT2D eigenvalue weighted by atomic mass is 9.80. The molecule has 21 heavy (non-hydrogen) atoms. The van der Waals surface area contributed by atoms with E-state index >= 15 is 0 Å². The third-order valence-corrected chi connectivity index (χ3v) is 4.52. The SMILES string of the molecule is CCC1(C)C(=O)NC(C(C)(C)C)C(=O)N1C(C)CCOC. The molecule has 1 saturated heterocycles. The Morgan fingerprint density at radius 3 is 2.38 bits per heavy atom. The zero-order valence-electron chi connectivity index (χ0n) is 14.4. The summed E-state index contributed by atoms with van der Waals surface area (Å²) in [6.07, 6.45) is 1.32. The van der Waals surface area contributed by atoms with Gasteiger partial charge in [-0.3, -0.25) is 9.59 Å². The van der Waals surface area contributed by atoms with E-state index in [1.54, 1.807) is 12.0 Å². The van der Waals surface area contributed by atoms with Gasteiger partial charge < -0.3 is 15.0 Å². The van der Waals surface area contributed by atoms with Crippen molar-refractivity contribution in [1.29, 1.82) is 0 Å². The van der Waals surface area contributed by atoms with Crippen LogP contribution in [0.15, 0.2) is 0 Å². The molecule has 1 heterocycles. The molecule has 1 fully saturated rings. The summed E-state index contributed by atoms with van der Waals surface area (Å²) in [6, 6.07) is -0.507. The number of hydrogen-bond donors (Lipinski definition) is 1. The van der Waals surface area contributed by atoms with Gasteiger partial charge in [-0.15, -0.1) is 0 Å². The van der Waals surface area contributed by atoms with Gasteiger partial charge in [0.1, 0.15) is 11.6 Å². The van der Waals surface area contributed by atoms with Gasteiger partial charge in [-0.2, -0.15) is 0 Å². The summed E-state index contributed by atoms with van der Waals surface area (Å²) >= 11 is 0. The van der Waals surface area contributed by atoms with Gasteiger partial charge in [0.15, 0.2) is 0 Å². The number of carbonyl (C=O) groups is 2. The average molecular weight is 298 g/mol. The Morgan fingerprint density at radius 1 is 1.38 bits per heavy atom. The summed E-state index contributed by atoms with van der Waals surface area (Å²) < 4.78 is 5.12. The first kappa shape index (κ1) is 18.0.